The molecule has 0 saturated heterocycles. The molecule has 1 rings (SSSR count). The van der Waals surface area contributed by atoms with Gasteiger partial charge in [-0.3, -0.25) is 0 Å². The summed E-state index contributed by atoms with van der Waals surface area (Å²) >= 11 is 3.66. The van der Waals surface area contributed by atoms with Gasteiger partial charge in [-0.05, 0) is 59.9 Å². The van der Waals surface area contributed by atoms with Crippen molar-refractivity contribution in [2.75, 3.05) is 31.1 Å². The molecule has 0 fully saturated rings. The zero-order valence-electron chi connectivity index (χ0n) is 12.0. The Bertz CT molecular complexity index is 371. The van der Waals surface area contributed by atoms with E-state index in [4.69, 9.17) is 5.11 Å². The van der Waals surface area contributed by atoms with Gasteiger partial charge in [0.15, 0.2) is 0 Å². The molecule has 108 valence electrons. The fourth-order valence-corrected chi connectivity index (χ4v) is 2.71. The molecule has 0 saturated carbocycles. The van der Waals surface area contributed by atoms with E-state index in [1.165, 1.54) is 11.3 Å². The van der Waals surface area contributed by atoms with Crippen LogP contribution in [0, 0.1) is 0 Å². The van der Waals surface area contributed by atoms with Gasteiger partial charge in [0.1, 0.15) is 0 Å². The quantitative estimate of drug-likeness (QED) is 0.683. The topological polar surface area (TPSA) is 35.5 Å². The lowest BCUT2D eigenvalue weighted by Crippen LogP contribution is -2.25. The average molecular weight is 329 g/mol. The highest BCUT2D eigenvalue weighted by atomic mass is 79.9. The summed E-state index contributed by atoms with van der Waals surface area (Å²) in [6, 6.07) is 6.51. The molecule has 1 aromatic carbocycles. The first-order valence-corrected chi connectivity index (χ1v) is 7.87. The average Bonchev–Trinajstić information content (AvgIpc) is 2.41. The van der Waals surface area contributed by atoms with Crippen molar-refractivity contribution in [3.8, 4) is 0 Å². The molecule has 19 heavy (non-hydrogen) atoms. The Kier molecular flexibility index (Phi) is 8.10. The van der Waals surface area contributed by atoms with Crippen molar-refractivity contribution >= 4 is 21.6 Å². The number of nitrogens with one attached hydrogen (secondary N) is 1. The molecule has 0 aliphatic heterocycles. The summed E-state index contributed by atoms with van der Waals surface area (Å²) in [5, 5.41) is 12.4. The van der Waals surface area contributed by atoms with Gasteiger partial charge in [-0.2, -0.15) is 0 Å². The SMILES string of the molecule is CCCNCc1ccc(N(CC)CCCO)c(Br)c1. The Hall–Kier alpha value is -0.580. The molecule has 3 nitrogen and oxygen atoms in total. The standard InChI is InChI=1S/C15H25BrN2O/c1-3-8-17-12-13-6-7-15(14(16)11-13)18(4-2)9-5-10-19/h6-7,11,17,19H,3-5,8-10,12H2,1-2H3. The lowest BCUT2D eigenvalue weighted by Gasteiger charge is -2.24. The van der Waals surface area contributed by atoms with Gasteiger partial charge < -0.3 is 15.3 Å². The van der Waals surface area contributed by atoms with Gasteiger partial charge in [0.05, 0.1) is 5.69 Å². The van der Waals surface area contributed by atoms with Crippen LogP contribution in [0.25, 0.3) is 0 Å². The van der Waals surface area contributed by atoms with Crippen LogP contribution in [0.2, 0.25) is 0 Å². The number of hydrogen-bond acceptors (Lipinski definition) is 3. The van der Waals surface area contributed by atoms with Crippen molar-refractivity contribution in [2.45, 2.75) is 33.2 Å². The van der Waals surface area contributed by atoms with E-state index < -0.39 is 0 Å². The number of hydrogen-bond donors (Lipinski definition) is 2. The lowest BCUT2D eigenvalue weighted by molar-refractivity contribution is 0.289. The van der Waals surface area contributed by atoms with Gasteiger partial charge in [-0.15, -0.1) is 0 Å². The molecule has 0 radical (unpaired) electrons. The van der Waals surface area contributed by atoms with E-state index in [1.807, 2.05) is 0 Å². The smallest absolute Gasteiger partial charge is 0.0510 e. The molecule has 0 aliphatic rings. The molecule has 4 heteroatoms. The summed E-state index contributed by atoms with van der Waals surface area (Å²) in [6.45, 7) is 8.36. The van der Waals surface area contributed by atoms with Crippen LogP contribution in [0.1, 0.15) is 32.3 Å². The summed E-state index contributed by atoms with van der Waals surface area (Å²) in [7, 11) is 0. The van der Waals surface area contributed by atoms with E-state index in [9.17, 15) is 0 Å². The fraction of sp³-hybridized carbons (Fsp3) is 0.600. The normalized spacial score (nSPS) is 10.7. The third-order valence-electron chi connectivity index (χ3n) is 3.08. The molecule has 0 aromatic heterocycles. The zero-order valence-corrected chi connectivity index (χ0v) is 13.5. The number of nitrogens with zero attached hydrogens (tertiary/aromatic N) is 1. The van der Waals surface area contributed by atoms with Gasteiger partial charge in [0, 0.05) is 30.7 Å². The minimum atomic E-state index is 0.243. The minimum absolute atomic E-state index is 0.243. The molecule has 0 spiro atoms. The van der Waals surface area contributed by atoms with Gasteiger partial charge in [0.25, 0.3) is 0 Å². The Morgan fingerprint density at radius 1 is 1.32 bits per heavy atom. The van der Waals surface area contributed by atoms with E-state index in [0.29, 0.717) is 0 Å². The van der Waals surface area contributed by atoms with Crippen molar-refractivity contribution in [3.63, 3.8) is 0 Å². The molecule has 2 N–H and O–H groups in total. The summed E-state index contributed by atoms with van der Waals surface area (Å²) < 4.78 is 1.13. The second-order valence-electron chi connectivity index (χ2n) is 4.62. The van der Waals surface area contributed by atoms with Crippen molar-refractivity contribution in [3.05, 3.63) is 28.2 Å². The largest absolute Gasteiger partial charge is 0.396 e. The highest BCUT2D eigenvalue weighted by Gasteiger charge is 2.08. The fourth-order valence-electron chi connectivity index (χ4n) is 2.04. The maximum Gasteiger partial charge on any atom is 0.0510 e. The maximum atomic E-state index is 8.94. The third kappa shape index (κ3) is 5.51. The maximum absolute atomic E-state index is 8.94. The zero-order chi connectivity index (χ0) is 14.1. The Labute approximate surface area is 125 Å². The lowest BCUT2D eigenvalue weighted by atomic mass is 10.2. The second kappa shape index (κ2) is 9.34. The minimum Gasteiger partial charge on any atom is -0.396 e. The van der Waals surface area contributed by atoms with Crippen LogP contribution in [-0.2, 0) is 6.54 Å². The van der Waals surface area contributed by atoms with E-state index in [1.54, 1.807) is 0 Å². The number of benzene rings is 1. The van der Waals surface area contributed by atoms with Crippen molar-refractivity contribution in [1.82, 2.24) is 5.32 Å². The predicted molar refractivity (Wildman–Crippen MR) is 85.7 cm³/mol. The van der Waals surface area contributed by atoms with Crippen LogP contribution in [0.5, 0.6) is 0 Å². The van der Waals surface area contributed by atoms with Crippen LogP contribution in [0.3, 0.4) is 0 Å². The number of aliphatic hydroxyl groups is 1. The van der Waals surface area contributed by atoms with Crippen molar-refractivity contribution < 1.29 is 5.11 Å². The van der Waals surface area contributed by atoms with Gasteiger partial charge >= 0.3 is 0 Å². The van der Waals surface area contributed by atoms with Crippen LogP contribution >= 0.6 is 15.9 Å². The summed E-state index contributed by atoms with van der Waals surface area (Å²) in [5.74, 6) is 0. The Morgan fingerprint density at radius 2 is 2.11 bits per heavy atom. The van der Waals surface area contributed by atoms with Crippen LogP contribution in [0.4, 0.5) is 5.69 Å². The van der Waals surface area contributed by atoms with E-state index in [-0.39, 0.29) is 6.61 Å². The van der Waals surface area contributed by atoms with Gasteiger partial charge in [-0.1, -0.05) is 13.0 Å². The molecule has 0 unspecified atom stereocenters. The monoisotopic (exact) mass is 328 g/mol. The Balaban J connectivity index is 2.69. The first-order chi connectivity index (χ1) is 9.22. The van der Waals surface area contributed by atoms with E-state index >= 15 is 0 Å². The number of anilines is 1. The highest BCUT2D eigenvalue weighted by molar-refractivity contribution is 9.10. The molecule has 0 amide bonds. The van der Waals surface area contributed by atoms with Crippen molar-refractivity contribution in [1.29, 1.82) is 0 Å². The molecule has 1 aromatic rings. The first-order valence-electron chi connectivity index (χ1n) is 7.07. The van der Waals surface area contributed by atoms with Crippen LogP contribution in [0.15, 0.2) is 22.7 Å². The summed E-state index contributed by atoms with van der Waals surface area (Å²) in [5.41, 5.74) is 2.50. The van der Waals surface area contributed by atoms with Gasteiger partial charge in [-0.25, -0.2) is 0 Å². The molecule has 0 aliphatic carbocycles. The highest BCUT2D eigenvalue weighted by Crippen LogP contribution is 2.27. The van der Waals surface area contributed by atoms with Crippen molar-refractivity contribution in [2.24, 2.45) is 0 Å². The molecular formula is C15H25BrN2O. The Morgan fingerprint density at radius 3 is 2.68 bits per heavy atom. The summed E-state index contributed by atoms with van der Waals surface area (Å²) in [6.07, 6.45) is 1.96. The number of aliphatic hydroxyl groups excluding tert-OH is 1. The first kappa shape index (κ1) is 16.5. The third-order valence-corrected chi connectivity index (χ3v) is 3.71. The second-order valence-corrected chi connectivity index (χ2v) is 5.47. The van der Waals surface area contributed by atoms with Crippen LogP contribution < -0.4 is 10.2 Å². The predicted octanol–water partition coefficient (Wildman–Crippen LogP) is 3.16. The number of rotatable bonds is 9. The van der Waals surface area contributed by atoms with E-state index in [0.717, 1.165) is 43.5 Å². The molecule has 0 atom stereocenters. The van der Waals surface area contributed by atoms with E-state index in [2.05, 4.69) is 58.2 Å². The molecule has 0 heterocycles. The molecular weight excluding hydrogens is 304 g/mol. The van der Waals surface area contributed by atoms with Gasteiger partial charge in [0.2, 0.25) is 0 Å². The van der Waals surface area contributed by atoms with Crippen LogP contribution in [-0.4, -0.2) is 31.3 Å². The molecule has 0 bridgehead atoms. The summed E-state index contributed by atoms with van der Waals surface area (Å²) in [4.78, 5) is 2.28. The number of halogens is 1.